The van der Waals surface area contributed by atoms with E-state index >= 15 is 0 Å². The number of hydrogen-bond acceptors (Lipinski definition) is 4. The second-order valence-electron chi connectivity index (χ2n) is 6.42. The molecule has 4 heterocycles. The van der Waals surface area contributed by atoms with Crippen LogP contribution in [0.4, 0.5) is 0 Å². The second kappa shape index (κ2) is 6.83. The molecule has 4 aromatic rings. The third-order valence-corrected chi connectivity index (χ3v) is 5.77. The van der Waals surface area contributed by atoms with E-state index in [0.717, 1.165) is 18.8 Å². The van der Waals surface area contributed by atoms with Gasteiger partial charge in [-0.15, -0.1) is 23.7 Å². The number of nitrogens with zero attached hydrogens (tertiary/aromatic N) is 3. The Balaban J connectivity index is 0.00000168. The van der Waals surface area contributed by atoms with Crippen LogP contribution in [0.25, 0.3) is 32.5 Å². The van der Waals surface area contributed by atoms with Gasteiger partial charge in [0.2, 0.25) is 0 Å². The van der Waals surface area contributed by atoms with E-state index in [2.05, 4.69) is 63.7 Å². The van der Waals surface area contributed by atoms with Gasteiger partial charge in [-0.2, -0.15) is 5.10 Å². The number of thiophene rings is 1. The lowest BCUT2D eigenvalue weighted by molar-refractivity contribution is 0.421. The molecule has 1 atom stereocenters. The fraction of sp³-hybridized carbons (Fsp3) is 0.200. The average molecular weight is 383 g/mol. The summed E-state index contributed by atoms with van der Waals surface area (Å²) in [7, 11) is 0. The third-order valence-electron chi connectivity index (χ3n) is 4.87. The molecule has 0 aliphatic carbocycles. The largest absolute Gasteiger partial charge is 0.307 e. The van der Waals surface area contributed by atoms with Gasteiger partial charge in [0.05, 0.1) is 12.2 Å². The quantitative estimate of drug-likeness (QED) is 0.535. The summed E-state index contributed by atoms with van der Waals surface area (Å²) in [6.07, 6.45) is 3.71. The summed E-state index contributed by atoms with van der Waals surface area (Å²) in [5, 5.41) is 12.0. The Morgan fingerprint density at radius 3 is 2.81 bits per heavy atom. The van der Waals surface area contributed by atoms with Gasteiger partial charge in [0.1, 0.15) is 5.69 Å². The summed E-state index contributed by atoms with van der Waals surface area (Å²) < 4.78 is 3.48. The first-order valence-electron chi connectivity index (χ1n) is 8.53. The van der Waals surface area contributed by atoms with Gasteiger partial charge in [-0.25, -0.2) is 0 Å². The van der Waals surface area contributed by atoms with Crippen LogP contribution in [0.2, 0.25) is 0 Å². The zero-order valence-electron chi connectivity index (χ0n) is 14.3. The Labute approximate surface area is 162 Å². The fourth-order valence-corrected chi connectivity index (χ4v) is 4.46. The number of hydrogen-bond donors (Lipinski definition) is 1. The first kappa shape index (κ1) is 17.2. The van der Waals surface area contributed by atoms with Crippen LogP contribution in [0.3, 0.4) is 0 Å². The minimum absolute atomic E-state index is 0. The number of nitrogens with one attached hydrogen (secondary N) is 1. The predicted octanol–water partition coefficient (Wildman–Crippen LogP) is 4.91. The van der Waals surface area contributed by atoms with Crippen LogP contribution in [0.1, 0.15) is 18.7 Å². The fourth-order valence-electron chi connectivity index (χ4n) is 3.69. The van der Waals surface area contributed by atoms with Gasteiger partial charge < -0.3 is 5.32 Å². The Kier molecular flexibility index (Phi) is 4.53. The minimum atomic E-state index is 0. The maximum Gasteiger partial charge on any atom is 0.100 e. The molecule has 1 N–H and O–H groups in total. The molecular formula is C20H19ClN4S. The van der Waals surface area contributed by atoms with E-state index in [4.69, 9.17) is 5.10 Å². The summed E-state index contributed by atoms with van der Waals surface area (Å²) in [6, 6.07) is 13.3. The highest BCUT2D eigenvalue weighted by Gasteiger charge is 2.26. The van der Waals surface area contributed by atoms with Crippen LogP contribution in [0, 0.1) is 0 Å². The van der Waals surface area contributed by atoms with Crippen LogP contribution < -0.4 is 5.32 Å². The van der Waals surface area contributed by atoms with Crippen LogP contribution >= 0.6 is 23.7 Å². The Morgan fingerprint density at radius 1 is 1.12 bits per heavy atom. The molecule has 0 unspecified atom stereocenters. The van der Waals surface area contributed by atoms with Crippen molar-refractivity contribution in [3.05, 3.63) is 59.9 Å². The highest BCUT2D eigenvalue weighted by molar-refractivity contribution is 7.17. The lowest BCUT2D eigenvalue weighted by Gasteiger charge is -2.23. The molecule has 0 amide bonds. The molecule has 0 fully saturated rings. The number of rotatable bonds is 2. The van der Waals surface area contributed by atoms with Crippen molar-refractivity contribution in [2.45, 2.75) is 19.5 Å². The van der Waals surface area contributed by atoms with E-state index in [-0.39, 0.29) is 18.4 Å². The molecule has 26 heavy (non-hydrogen) atoms. The van der Waals surface area contributed by atoms with E-state index in [0.29, 0.717) is 0 Å². The molecule has 0 bridgehead atoms. The molecule has 3 aromatic heterocycles. The maximum absolute atomic E-state index is 5.00. The van der Waals surface area contributed by atoms with Crippen molar-refractivity contribution in [3.8, 4) is 22.4 Å². The molecule has 0 spiro atoms. The molecule has 1 aromatic carbocycles. The molecule has 1 aliphatic heterocycles. The maximum atomic E-state index is 5.00. The Morgan fingerprint density at radius 2 is 1.96 bits per heavy atom. The molecule has 6 heteroatoms. The van der Waals surface area contributed by atoms with E-state index in [1.54, 1.807) is 11.3 Å². The van der Waals surface area contributed by atoms with Crippen molar-refractivity contribution < 1.29 is 0 Å². The van der Waals surface area contributed by atoms with Crippen molar-refractivity contribution in [2.75, 3.05) is 6.54 Å². The summed E-state index contributed by atoms with van der Waals surface area (Å²) in [6.45, 7) is 4.07. The normalized spacial score (nSPS) is 16.3. The van der Waals surface area contributed by atoms with Gasteiger partial charge in [0.25, 0.3) is 0 Å². The summed E-state index contributed by atoms with van der Waals surface area (Å²) in [4.78, 5) is 4.18. The zero-order chi connectivity index (χ0) is 16.8. The summed E-state index contributed by atoms with van der Waals surface area (Å²) in [5.41, 5.74) is 5.89. The molecule has 5 rings (SSSR count). The zero-order valence-corrected chi connectivity index (χ0v) is 16.0. The number of fused-ring (bicyclic) bond motifs is 2. The van der Waals surface area contributed by atoms with Crippen LogP contribution in [-0.2, 0) is 6.54 Å². The Bertz CT molecular complexity index is 1050. The van der Waals surface area contributed by atoms with Crippen LogP contribution in [0.15, 0.2) is 54.2 Å². The van der Waals surface area contributed by atoms with Crippen LogP contribution in [-0.4, -0.2) is 21.3 Å². The first-order valence-corrected chi connectivity index (χ1v) is 9.41. The lowest BCUT2D eigenvalue weighted by Crippen LogP contribution is -2.32. The van der Waals surface area contributed by atoms with E-state index in [1.165, 1.54) is 32.5 Å². The number of pyridine rings is 1. The summed E-state index contributed by atoms with van der Waals surface area (Å²) >= 11 is 1.78. The lowest BCUT2D eigenvalue weighted by atomic mass is 9.96. The third kappa shape index (κ3) is 2.72. The standard InChI is InChI=1S/C20H18N4S.ClH/c1-13-20-18(14-4-7-21-8-5-14)19(23-24(20)10-9-22-13)16-2-3-17-15(12-16)6-11-25-17;/h2-8,11-13,22H,9-10H2,1H3;1H/t13-;/m1./s1. The number of halogens is 1. The van der Waals surface area contributed by atoms with Crippen molar-refractivity contribution in [1.29, 1.82) is 0 Å². The second-order valence-corrected chi connectivity index (χ2v) is 7.36. The molecule has 132 valence electrons. The predicted molar refractivity (Wildman–Crippen MR) is 110 cm³/mol. The van der Waals surface area contributed by atoms with Crippen LogP contribution in [0.5, 0.6) is 0 Å². The molecule has 1 aliphatic rings. The highest BCUT2D eigenvalue weighted by Crippen LogP contribution is 2.39. The van der Waals surface area contributed by atoms with Crippen molar-refractivity contribution in [3.63, 3.8) is 0 Å². The molecule has 0 saturated carbocycles. The minimum Gasteiger partial charge on any atom is -0.307 e. The van der Waals surface area contributed by atoms with Crippen molar-refractivity contribution >= 4 is 33.8 Å². The smallest absolute Gasteiger partial charge is 0.100 e. The van der Waals surface area contributed by atoms with Gasteiger partial charge in [-0.1, -0.05) is 6.07 Å². The van der Waals surface area contributed by atoms with Gasteiger partial charge in [0, 0.05) is 40.8 Å². The first-order chi connectivity index (χ1) is 12.3. The van der Waals surface area contributed by atoms with Gasteiger partial charge in [-0.3, -0.25) is 9.67 Å². The summed E-state index contributed by atoms with van der Waals surface area (Å²) in [5.74, 6) is 0. The van der Waals surface area contributed by atoms with Gasteiger partial charge in [-0.05, 0) is 53.6 Å². The van der Waals surface area contributed by atoms with E-state index in [9.17, 15) is 0 Å². The monoisotopic (exact) mass is 382 g/mol. The SMILES string of the molecule is C[C@H]1NCCn2nc(-c3ccc4sccc4c3)c(-c3ccncc3)c21.Cl. The highest BCUT2D eigenvalue weighted by atomic mass is 35.5. The number of benzene rings is 1. The van der Waals surface area contributed by atoms with Gasteiger partial charge in [0.15, 0.2) is 0 Å². The molecule has 4 nitrogen and oxygen atoms in total. The molecule has 0 saturated heterocycles. The topological polar surface area (TPSA) is 42.7 Å². The Hall–Kier alpha value is -2.21. The van der Waals surface area contributed by atoms with E-state index in [1.807, 2.05) is 12.4 Å². The molecule has 0 radical (unpaired) electrons. The number of aromatic nitrogens is 3. The van der Waals surface area contributed by atoms with Crippen molar-refractivity contribution in [1.82, 2.24) is 20.1 Å². The van der Waals surface area contributed by atoms with Gasteiger partial charge >= 0.3 is 0 Å². The molecular weight excluding hydrogens is 364 g/mol. The average Bonchev–Trinajstić information content (AvgIpc) is 3.26. The van der Waals surface area contributed by atoms with Crippen molar-refractivity contribution in [2.24, 2.45) is 0 Å². The van der Waals surface area contributed by atoms with E-state index < -0.39 is 0 Å².